The number of para-hydroxylation sites is 1. The lowest BCUT2D eigenvalue weighted by atomic mass is 10.0. The number of thioether (sulfide) groups is 1. The molecule has 0 bridgehead atoms. The number of fused-ring (bicyclic) bond motifs is 1. The Bertz CT molecular complexity index is 1200. The molecule has 9 heteroatoms. The third kappa shape index (κ3) is 5.11. The fraction of sp³-hybridized carbons (Fsp3) is 0.261. The van der Waals surface area contributed by atoms with Gasteiger partial charge in [-0.1, -0.05) is 60.3 Å². The molecule has 0 unspecified atom stereocenters. The van der Waals surface area contributed by atoms with Gasteiger partial charge in [-0.15, -0.1) is 10.2 Å². The molecule has 2 aromatic carbocycles. The number of pyridine rings is 1. The monoisotopic (exact) mass is 458 g/mol. The highest BCUT2D eigenvalue weighted by Gasteiger charge is 2.27. The zero-order valence-corrected chi connectivity index (χ0v) is 18.2. The highest BCUT2D eigenvalue weighted by Crippen LogP contribution is 2.33. The minimum absolute atomic E-state index is 0.0214. The number of benzene rings is 2. The number of nitrogens with zero attached hydrogens (tertiary/aromatic N) is 4. The number of halogens is 3. The van der Waals surface area contributed by atoms with Crippen LogP contribution in [0.3, 0.4) is 0 Å². The van der Waals surface area contributed by atoms with Crippen LogP contribution in [0.4, 0.5) is 13.2 Å². The Morgan fingerprint density at radius 2 is 1.75 bits per heavy atom. The van der Waals surface area contributed by atoms with E-state index >= 15 is 0 Å². The quantitative estimate of drug-likeness (QED) is 0.245. The minimum atomic E-state index is -4.32. The summed E-state index contributed by atoms with van der Waals surface area (Å²) in [4.78, 5) is 4.81. The van der Waals surface area contributed by atoms with E-state index in [0.717, 1.165) is 27.7 Å². The molecule has 2 aromatic heterocycles. The highest BCUT2D eigenvalue weighted by molar-refractivity contribution is 7.99. The molecule has 0 saturated heterocycles. The van der Waals surface area contributed by atoms with Gasteiger partial charge in [-0.05, 0) is 19.1 Å². The Labute approximate surface area is 187 Å². The predicted molar refractivity (Wildman–Crippen MR) is 119 cm³/mol. The summed E-state index contributed by atoms with van der Waals surface area (Å²) >= 11 is 1.33. The van der Waals surface area contributed by atoms with Gasteiger partial charge in [-0.2, -0.15) is 13.2 Å². The Morgan fingerprint density at radius 3 is 2.50 bits per heavy atom. The first kappa shape index (κ1) is 22.3. The lowest BCUT2D eigenvalue weighted by Gasteiger charge is -2.12. The lowest BCUT2D eigenvalue weighted by molar-refractivity contribution is -0.172. The molecule has 32 heavy (non-hydrogen) atoms. The number of alkyl halides is 3. The SMILES string of the molecule is CCn1c(SCCOCC(F)(F)F)nnc1-c1cc(-c2ccccc2)nc2ccccc12. The standard InChI is InChI=1S/C23H21F3N4OS/c1-2-30-21(28-29-22(30)32-13-12-31-15-23(24,25)26)18-14-20(16-8-4-3-5-9-16)27-19-11-7-6-10-17(18)19/h3-11,14H,2,12-13,15H2,1H3. The zero-order valence-electron chi connectivity index (χ0n) is 17.3. The molecule has 166 valence electrons. The lowest BCUT2D eigenvalue weighted by Crippen LogP contribution is -2.18. The van der Waals surface area contributed by atoms with Crippen molar-refractivity contribution in [3.63, 3.8) is 0 Å². The summed E-state index contributed by atoms with van der Waals surface area (Å²) in [6.45, 7) is 1.33. The molecular formula is C23H21F3N4OS. The predicted octanol–water partition coefficient (Wildman–Crippen LogP) is 5.85. The summed E-state index contributed by atoms with van der Waals surface area (Å²) in [5, 5.41) is 10.3. The fourth-order valence-corrected chi connectivity index (χ4v) is 4.23. The Morgan fingerprint density at radius 1 is 1.00 bits per heavy atom. The van der Waals surface area contributed by atoms with Gasteiger partial charge in [-0.25, -0.2) is 4.98 Å². The van der Waals surface area contributed by atoms with Crippen molar-refractivity contribution in [3.05, 3.63) is 60.7 Å². The van der Waals surface area contributed by atoms with Crippen molar-refractivity contribution in [3.8, 4) is 22.6 Å². The van der Waals surface area contributed by atoms with Gasteiger partial charge in [0.15, 0.2) is 11.0 Å². The minimum Gasteiger partial charge on any atom is -0.371 e. The van der Waals surface area contributed by atoms with Crippen LogP contribution < -0.4 is 0 Å². The van der Waals surface area contributed by atoms with Crippen LogP contribution in [0.25, 0.3) is 33.5 Å². The van der Waals surface area contributed by atoms with Crippen molar-refractivity contribution < 1.29 is 17.9 Å². The maximum absolute atomic E-state index is 12.2. The molecule has 0 atom stereocenters. The van der Waals surface area contributed by atoms with E-state index in [1.54, 1.807) is 0 Å². The summed E-state index contributed by atoms with van der Waals surface area (Å²) < 4.78 is 43.4. The summed E-state index contributed by atoms with van der Waals surface area (Å²) in [6.07, 6.45) is -4.32. The zero-order chi connectivity index (χ0) is 22.6. The largest absolute Gasteiger partial charge is 0.411 e. The number of rotatable bonds is 8. The van der Waals surface area contributed by atoms with Crippen LogP contribution >= 0.6 is 11.8 Å². The molecule has 0 N–H and O–H groups in total. The average molecular weight is 459 g/mol. The van der Waals surface area contributed by atoms with Crippen LogP contribution in [0.1, 0.15) is 6.92 Å². The van der Waals surface area contributed by atoms with Gasteiger partial charge in [0, 0.05) is 28.8 Å². The molecule has 4 rings (SSSR count). The molecule has 0 aliphatic rings. The van der Waals surface area contributed by atoms with Crippen molar-refractivity contribution >= 4 is 22.7 Å². The molecule has 0 aliphatic heterocycles. The van der Waals surface area contributed by atoms with Crippen LogP contribution in [0.5, 0.6) is 0 Å². The van der Waals surface area contributed by atoms with Crippen molar-refractivity contribution in [2.75, 3.05) is 19.0 Å². The number of hydrogen-bond donors (Lipinski definition) is 0. The van der Waals surface area contributed by atoms with E-state index in [9.17, 15) is 13.2 Å². The molecule has 2 heterocycles. The summed E-state index contributed by atoms with van der Waals surface area (Å²) in [5.74, 6) is 1.04. The van der Waals surface area contributed by atoms with E-state index in [0.29, 0.717) is 23.3 Å². The van der Waals surface area contributed by atoms with Gasteiger partial charge in [0.25, 0.3) is 0 Å². The molecular weight excluding hydrogens is 437 g/mol. The van der Waals surface area contributed by atoms with Gasteiger partial charge in [0.05, 0.1) is 17.8 Å². The van der Waals surface area contributed by atoms with Crippen molar-refractivity contribution in [2.24, 2.45) is 0 Å². The third-order valence-corrected chi connectivity index (χ3v) is 5.72. The van der Waals surface area contributed by atoms with E-state index in [-0.39, 0.29) is 6.61 Å². The molecule has 0 spiro atoms. The average Bonchev–Trinajstić information content (AvgIpc) is 3.20. The molecule has 0 amide bonds. The number of aromatic nitrogens is 4. The smallest absolute Gasteiger partial charge is 0.371 e. The van der Waals surface area contributed by atoms with Gasteiger partial charge in [0.2, 0.25) is 0 Å². The summed E-state index contributed by atoms with van der Waals surface area (Å²) in [7, 11) is 0. The summed E-state index contributed by atoms with van der Waals surface area (Å²) in [5.41, 5.74) is 3.59. The Hall–Kier alpha value is -2.91. The fourth-order valence-electron chi connectivity index (χ4n) is 3.38. The molecule has 0 saturated carbocycles. The van der Waals surface area contributed by atoms with E-state index < -0.39 is 12.8 Å². The topological polar surface area (TPSA) is 52.8 Å². The first-order valence-electron chi connectivity index (χ1n) is 10.1. The molecule has 5 nitrogen and oxygen atoms in total. The first-order valence-corrected chi connectivity index (χ1v) is 11.1. The van der Waals surface area contributed by atoms with Crippen molar-refractivity contribution in [2.45, 2.75) is 24.8 Å². The third-order valence-electron chi connectivity index (χ3n) is 4.78. The number of ether oxygens (including phenoxy) is 1. The summed E-state index contributed by atoms with van der Waals surface area (Å²) in [6, 6.07) is 19.8. The maximum atomic E-state index is 12.2. The maximum Gasteiger partial charge on any atom is 0.411 e. The molecule has 4 aromatic rings. The highest BCUT2D eigenvalue weighted by atomic mass is 32.2. The second-order valence-electron chi connectivity index (χ2n) is 7.00. The molecule has 0 fully saturated rings. The van der Waals surface area contributed by atoms with Crippen LogP contribution in [0.2, 0.25) is 0 Å². The van der Waals surface area contributed by atoms with Crippen molar-refractivity contribution in [1.82, 2.24) is 19.7 Å². The Kier molecular flexibility index (Phi) is 6.76. The van der Waals surface area contributed by atoms with Crippen LogP contribution in [0.15, 0.2) is 65.8 Å². The van der Waals surface area contributed by atoms with Crippen LogP contribution in [-0.2, 0) is 11.3 Å². The van der Waals surface area contributed by atoms with Crippen LogP contribution in [0, 0.1) is 0 Å². The van der Waals surface area contributed by atoms with E-state index in [4.69, 9.17) is 9.72 Å². The first-order chi connectivity index (χ1) is 15.5. The second-order valence-corrected chi connectivity index (χ2v) is 8.07. The molecule has 0 radical (unpaired) electrons. The Balaban J connectivity index is 1.65. The van der Waals surface area contributed by atoms with E-state index in [1.807, 2.05) is 72.2 Å². The van der Waals surface area contributed by atoms with Crippen LogP contribution in [-0.4, -0.2) is 44.9 Å². The van der Waals surface area contributed by atoms with E-state index in [1.165, 1.54) is 11.8 Å². The van der Waals surface area contributed by atoms with Gasteiger partial charge in [-0.3, -0.25) is 0 Å². The van der Waals surface area contributed by atoms with Gasteiger partial charge >= 0.3 is 6.18 Å². The second kappa shape index (κ2) is 9.70. The normalized spacial score (nSPS) is 11.9. The van der Waals surface area contributed by atoms with Crippen molar-refractivity contribution in [1.29, 1.82) is 0 Å². The molecule has 0 aliphatic carbocycles. The van der Waals surface area contributed by atoms with E-state index in [2.05, 4.69) is 10.2 Å². The van der Waals surface area contributed by atoms with Gasteiger partial charge in [0.1, 0.15) is 6.61 Å². The number of hydrogen-bond acceptors (Lipinski definition) is 5. The van der Waals surface area contributed by atoms with Gasteiger partial charge < -0.3 is 9.30 Å².